The molecule has 6 heteroatoms. The lowest BCUT2D eigenvalue weighted by Crippen LogP contribution is -2.51. The fourth-order valence-corrected chi connectivity index (χ4v) is 5.85. The van der Waals surface area contributed by atoms with Crippen molar-refractivity contribution >= 4 is 33.4 Å². The monoisotopic (exact) mass is 544 g/mol. The Hall–Kier alpha value is -4.45. The molecule has 0 aliphatic carbocycles. The van der Waals surface area contributed by atoms with Crippen LogP contribution in [0, 0.1) is 0 Å². The number of imidazole rings is 1. The maximum absolute atomic E-state index is 13.5. The van der Waals surface area contributed by atoms with E-state index in [9.17, 15) is 9.59 Å². The zero-order valence-electron chi connectivity index (χ0n) is 23.6. The molecule has 1 aromatic heterocycles. The standard InChI is InChI=1S/C35H36N4O2/c1-2-3-15-33-36-24-30(39(33)25-26-16-17-27-9-4-5-11-29(27)22-26)23-34(40)37-18-20-38(21-19-37)35(41)32-14-8-12-28-10-6-7-13-31(28)32/h4-14,16-17,22,24H,2-3,15,18-21,23,25H2,1H3. The van der Waals surface area contributed by atoms with Crippen LogP contribution in [0.5, 0.6) is 0 Å². The van der Waals surface area contributed by atoms with Crippen LogP contribution in [-0.4, -0.2) is 57.3 Å². The Morgan fingerprint density at radius 3 is 2.29 bits per heavy atom. The molecule has 6 rings (SSSR count). The van der Waals surface area contributed by atoms with Gasteiger partial charge in [-0.2, -0.15) is 0 Å². The van der Waals surface area contributed by atoms with Gasteiger partial charge in [0.05, 0.1) is 6.42 Å². The quantitative estimate of drug-likeness (QED) is 0.237. The van der Waals surface area contributed by atoms with Gasteiger partial charge in [0.1, 0.15) is 5.82 Å². The van der Waals surface area contributed by atoms with Gasteiger partial charge in [-0.25, -0.2) is 4.98 Å². The molecule has 0 saturated carbocycles. The third kappa shape index (κ3) is 5.73. The maximum Gasteiger partial charge on any atom is 0.254 e. The number of aromatic nitrogens is 2. The fraction of sp³-hybridized carbons (Fsp3) is 0.286. The minimum atomic E-state index is 0.0305. The molecule has 1 aliphatic heterocycles. The number of amides is 2. The van der Waals surface area contributed by atoms with Crippen LogP contribution < -0.4 is 0 Å². The van der Waals surface area contributed by atoms with E-state index in [2.05, 4.69) is 54.0 Å². The van der Waals surface area contributed by atoms with Crippen LogP contribution in [0.4, 0.5) is 0 Å². The Balaban J connectivity index is 1.14. The van der Waals surface area contributed by atoms with Crippen molar-refractivity contribution in [1.82, 2.24) is 19.4 Å². The van der Waals surface area contributed by atoms with Crippen LogP contribution in [0.25, 0.3) is 21.5 Å². The number of rotatable bonds is 8. The summed E-state index contributed by atoms with van der Waals surface area (Å²) < 4.78 is 2.23. The van der Waals surface area contributed by atoms with Gasteiger partial charge >= 0.3 is 0 Å². The minimum absolute atomic E-state index is 0.0305. The molecule has 1 saturated heterocycles. The van der Waals surface area contributed by atoms with E-state index in [-0.39, 0.29) is 11.8 Å². The van der Waals surface area contributed by atoms with Gasteiger partial charge in [0.15, 0.2) is 0 Å². The molecule has 0 N–H and O–H groups in total. The van der Waals surface area contributed by atoms with E-state index in [0.717, 1.165) is 47.1 Å². The SMILES string of the molecule is CCCCc1ncc(CC(=O)N2CCN(C(=O)c3cccc4ccccc34)CC2)n1Cc1ccc2ccccc2c1. The van der Waals surface area contributed by atoms with E-state index in [4.69, 9.17) is 4.98 Å². The molecular weight excluding hydrogens is 508 g/mol. The Morgan fingerprint density at radius 1 is 0.780 bits per heavy atom. The number of unbranched alkanes of at least 4 members (excludes halogenated alkanes) is 1. The van der Waals surface area contributed by atoms with Gasteiger partial charge in [-0.1, -0.05) is 86.1 Å². The van der Waals surface area contributed by atoms with Crippen molar-refractivity contribution in [2.45, 2.75) is 39.2 Å². The van der Waals surface area contributed by atoms with Gasteiger partial charge in [-0.3, -0.25) is 9.59 Å². The van der Waals surface area contributed by atoms with Crippen LogP contribution >= 0.6 is 0 Å². The summed E-state index contributed by atoms with van der Waals surface area (Å²) in [5.41, 5.74) is 2.87. The first-order chi connectivity index (χ1) is 20.1. The number of aryl methyl sites for hydroxylation is 1. The second-order valence-electron chi connectivity index (χ2n) is 10.9. The molecule has 2 heterocycles. The molecule has 41 heavy (non-hydrogen) atoms. The molecule has 0 spiro atoms. The van der Waals surface area contributed by atoms with E-state index in [1.807, 2.05) is 58.5 Å². The van der Waals surface area contributed by atoms with Crippen LogP contribution in [0.3, 0.4) is 0 Å². The van der Waals surface area contributed by atoms with Gasteiger partial charge in [0.2, 0.25) is 5.91 Å². The topological polar surface area (TPSA) is 58.4 Å². The van der Waals surface area contributed by atoms with Crippen molar-refractivity contribution < 1.29 is 9.59 Å². The van der Waals surface area contributed by atoms with E-state index in [1.165, 1.54) is 16.3 Å². The number of benzene rings is 4. The molecule has 1 fully saturated rings. The number of carbonyl (C=O) groups is 2. The average molecular weight is 545 g/mol. The van der Waals surface area contributed by atoms with Gasteiger partial charge < -0.3 is 14.4 Å². The lowest BCUT2D eigenvalue weighted by Gasteiger charge is -2.35. The molecule has 0 atom stereocenters. The zero-order chi connectivity index (χ0) is 28.2. The highest BCUT2D eigenvalue weighted by atomic mass is 16.2. The molecule has 2 amide bonds. The number of piperazine rings is 1. The van der Waals surface area contributed by atoms with E-state index < -0.39 is 0 Å². The van der Waals surface area contributed by atoms with E-state index in [0.29, 0.717) is 39.1 Å². The summed E-state index contributed by atoms with van der Waals surface area (Å²) in [5, 5.41) is 4.47. The van der Waals surface area contributed by atoms with E-state index in [1.54, 1.807) is 0 Å². The first kappa shape index (κ1) is 26.8. The molecule has 6 nitrogen and oxygen atoms in total. The Bertz CT molecular complexity index is 1690. The summed E-state index contributed by atoms with van der Waals surface area (Å²) in [6.45, 7) is 5.02. The average Bonchev–Trinajstić information content (AvgIpc) is 3.39. The molecule has 5 aromatic rings. The number of hydrogen-bond acceptors (Lipinski definition) is 3. The fourth-order valence-electron chi connectivity index (χ4n) is 5.85. The van der Waals surface area contributed by atoms with Crippen molar-refractivity contribution in [1.29, 1.82) is 0 Å². The second kappa shape index (κ2) is 12.0. The van der Waals surface area contributed by atoms with Crippen LogP contribution in [0.15, 0.2) is 91.1 Å². The summed E-state index contributed by atoms with van der Waals surface area (Å²) in [4.78, 5) is 35.4. The first-order valence-electron chi connectivity index (χ1n) is 14.7. The smallest absolute Gasteiger partial charge is 0.254 e. The molecule has 0 bridgehead atoms. The molecule has 0 unspecified atom stereocenters. The van der Waals surface area contributed by atoms with Crippen molar-refractivity contribution in [3.63, 3.8) is 0 Å². The highest BCUT2D eigenvalue weighted by Crippen LogP contribution is 2.22. The van der Waals surface area contributed by atoms with Gasteiger partial charge in [-0.15, -0.1) is 0 Å². The molecule has 1 aliphatic rings. The molecule has 0 radical (unpaired) electrons. The lowest BCUT2D eigenvalue weighted by molar-refractivity contribution is -0.132. The Labute approximate surface area is 241 Å². The minimum Gasteiger partial charge on any atom is -0.339 e. The maximum atomic E-state index is 13.5. The van der Waals surface area contributed by atoms with Crippen LogP contribution in [0.1, 0.15) is 47.2 Å². The summed E-state index contributed by atoms with van der Waals surface area (Å²) >= 11 is 0. The number of fused-ring (bicyclic) bond motifs is 2. The second-order valence-corrected chi connectivity index (χ2v) is 10.9. The normalized spacial score (nSPS) is 13.7. The van der Waals surface area contributed by atoms with Crippen molar-refractivity contribution in [2.24, 2.45) is 0 Å². The highest BCUT2D eigenvalue weighted by molar-refractivity contribution is 6.07. The number of hydrogen-bond donors (Lipinski definition) is 0. The number of nitrogens with zero attached hydrogens (tertiary/aromatic N) is 4. The predicted octanol–water partition coefficient (Wildman–Crippen LogP) is 6.11. The van der Waals surface area contributed by atoms with Gasteiger partial charge in [0, 0.05) is 56.6 Å². The summed E-state index contributed by atoms with van der Waals surface area (Å²) in [5.74, 6) is 1.15. The Morgan fingerprint density at radius 2 is 1.49 bits per heavy atom. The van der Waals surface area contributed by atoms with Crippen LogP contribution in [0.2, 0.25) is 0 Å². The Kier molecular flexibility index (Phi) is 7.81. The lowest BCUT2D eigenvalue weighted by atomic mass is 10.0. The highest BCUT2D eigenvalue weighted by Gasteiger charge is 2.26. The molecular formula is C35H36N4O2. The number of carbonyl (C=O) groups excluding carboxylic acids is 2. The molecule has 4 aromatic carbocycles. The zero-order valence-corrected chi connectivity index (χ0v) is 23.6. The summed E-state index contributed by atoms with van der Waals surface area (Å²) in [6.07, 6.45) is 5.25. The predicted molar refractivity (Wildman–Crippen MR) is 164 cm³/mol. The van der Waals surface area contributed by atoms with Crippen molar-refractivity contribution in [3.8, 4) is 0 Å². The van der Waals surface area contributed by atoms with Crippen LogP contribution in [-0.2, 0) is 24.2 Å². The third-order valence-electron chi connectivity index (χ3n) is 8.20. The molecule has 208 valence electrons. The summed E-state index contributed by atoms with van der Waals surface area (Å²) in [6, 6.07) is 28.8. The van der Waals surface area contributed by atoms with Crippen molar-refractivity contribution in [3.05, 3.63) is 114 Å². The largest absolute Gasteiger partial charge is 0.339 e. The van der Waals surface area contributed by atoms with Gasteiger partial charge in [0.25, 0.3) is 5.91 Å². The first-order valence-corrected chi connectivity index (χ1v) is 14.7. The van der Waals surface area contributed by atoms with E-state index >= 15 is 0 Å². The van der Waals surface area contributed by atoms with Gasteiger partial charge in [-0.05, 0) is 45.7 Å². The summed E-state index contributed by atoms with van der Waals surface area (Å²) in [7, 11) is 0. The van der Waals surface area contributed by atoms with Crippen molar-refractivity contribution in [2.75, 3.05) is 26.2 Å². The third-order valence-corrected chi connectivity index (χ3v) is 8.20.